The summed E-state index contributed by atoms with van der Waals surface area (Å²) in [6.45, 7) is 0. The first-order valence-electron chi connectivity index (χ1n) is 5.67. The minimum atomic E-state index is -0.181. The first-order valence-corrected chi connectivity index (χ1v) is 6.46. The number of phenolic OH excluding ortho intramolecular Hbond substituents is 1. The SMILES string of the molecule is O=C1/C(=C/c2ccccc2O)Oc2ccc(Br)cc21. The van der Waals surface area contributed by atoms with Crippen molar-refractivity contribution in [3.63, 3.8) is 0 Å². The quantitative estimate of drug-likeness (QED) is 0.815. The molecule has 0 aliphatic carbocycles. The van der Waals surface area contributed by atoms with E-state index in [1.807, 2.05) is 6.07 Å². The van der Waals surface area contributed by atoms with E-state index >= 15 is 0 Å². The lowest BCUT2D eigenvalue weighted by molar-refractivity contribution is 0.101. The van der Waals surface area contributed by atoms with E-state index < -0.39 is 0 Å². The fraction of sp³-hybridized carbons (Fsp3) is 0. The summed E-state index contributed by atoms with van der Waals surface area (Å²) in [7, 11) is 0. The molecule has 0 spiro atoms. The molecule has 0 amide bonds. The van der Waals surface area contributed by atoms with Gasteiger partial charge in [-0.05, 0) is 30.3 Å². The van der Waals surface area contributed by atoms with Gasteiger partial charge in [-0.3, -0.25) is 4.79 Å². The Balaban J connectivity index is 2.03. The number of allylic oxidation sites excluding steroid dienone is 1. The predicted molar refractivity (Wildman–Crippen MR) is 75.2 cm³/mol. The number of ketones is 1. The predicted octanol–water partition coefficient (Wildman–Crippen LogP) is 3.77. The number of ether oxygens (including phenoxy) is 1. The lowest BCUT2D eigenvalue weighted by Gasteiger charge is -2.00. The third kappa shape index (κ3) is 2.15. The van der Waals surface area contributed by atoms with Crippen LogP contribution in [0.4, 0.5) is 0 Å². The maximum absolute atomic E-state index is 12.2. The highest BCUT2D eigenvalue weighted by molar-refractivity contribution is 9.10. The van der Waals surface area contributed by atoms with Gasteiger partial charge in [0.2, 0.25) is 5.78 Å². The van der Waals surface area contributed by atoms with Gasteiger partial charge < -0.3 is 9.84 Å². The van der Waals surface area contributed by atoms with Gasteiger partial charge in [0.05, 0.1) is 5.56 Å². The van der Waals surface area contributed by atoms with Crippen molar-refractivity contribution >= 4 is 27.8 Å². The fourth-order valence-corrected chi connectivity index (χ4v) is 2.27. The van der Waals surface area contributed by atoms with Crippen LogP contribution in [-0.4, -0.2) is 10.9 Å². The zero-order valence-corrected chi connectivity index (χ0v) is 11.3. The molecule has 3 nitrogen and oxygen atoms in total. The zero-order chi connectivity index (χ0) is 13.4. The molecule has 0 saturated carbocycles. The van der Waals surface area contributed by atoms with E-state index in [9.17, 15) is 9.90 Å². The van der Waals surface area contributed by atoms with Crippen molar-refractivity contribution in [2.75, 3.05) is 0 Å². The van der Waals surface area contributed by atoms with Gasteiger partial charge in [0.15, 0.2) is 5.76 Å². The van der Waals surface area contributed by atoms with Gasteiger partial charge >= 0.3 is 0 Å². The van der Waals surface area contributed by atoms with E-state index in [1.54, 1.807) is 42.5 Å². The fourth-order valence-electron chi connectivity index (χ4n) is 1.91. The van der Waals surface area contributed by atoms with Crippen LogP contribution in [0.2, 0.25) is 0 Å². The van der Waals surface area contributed by atoms with Crippen LogP contribution in [-0.2, 0) is 0 Å². The minimum Gasteiger partial charge on any atom is -0.507 e. The first kappa shape index (κ1) is 12.0. The van der Waals surface area contributed by atoms with Gasteiger partial charge in [0, 0.05) is 10.0 Å². The molecular weight excluding hydrogens is 308 g/mol. The van der Waals surface area contributed by atoms with Crippen molar-refractivity contribution in [2.45, 2.75) is 0 Å². The van der Waals surface area contributed by atoms with E-state index in [0.29, 0.717) is 16.9 Å². The van der Waals surface area contributed by atoms with Crippen molar-refractivity contribution in [1.82, 2.24) is 0 Å². The summed E-state index contributed by atoms with van der Waals surface area (Å²) in [5.41, 5.74) is 1.08. The first-order chi connectivity index (χ1) is 9.15. The molecule has 94 valence electrons. The maximum Gasteiger partial charge on any atom is 0.232 e. The molecule has 0 fully saturated rings. The molecule has 0 bridgehead atoms. The topological polar surface area (TPSA) is 46.5 Å². The van der Waals surface area contributed by atoms with Crippen molar-refractivity contribution in [3.05, 3.63) is 63.8 Å². The average molecular weight is 317 g/mol. The highest BCUT2D eigenvalue weighted by Gasteiger charge is 2.27. The van der Waals surface area contributed by atoms with Crippen LogP contribution in [0.15, 0.2) is 52.7 Å². The van der Waals surface area contributed by atoms with Gasteiger partial charge in [-0.15, -0.1) is 0 Å². The molecule has 19 heavy (non-hydrogen) atoms. The summed E-state index contributed by atoms with van der Waals surface area (Å²) in [5, 5.41) is 9.70. The number of benzene rings is 2. The van der Waals surface area contributed by atoms with E-state index in [-0.39, 0.29) is 17.3 Å². The highest BCUT2D eigenvalue weighted by Crippen LogP contribution is 2.34. The summed E-state index contributed by atoms with van der Waals surface area (Å²) in [6.07, 6.45) is 1.55. The Kier molecular flexibility index (Phi) is 2.87. The molecule has 0 saturated heterocycles. The minimum absolute atomic E-state index is 0.114. The molecule has 1 N–H and O–H groups in total. The molecule has 0 atom stereocenters. The number of hydrogen-bond donors (Lipinski definition) is 1. The highest BCUT2D eigenvalue weighted by atomic mass is 79.9. The van der Waals surface area contributed by atoms with Gasteiger partial charge in [-0.1, -0.05) is 34.1 Å². The molecule has 2 aromatic rings. The van der Waals surface area contributed by atoms with Crippen molar-refractivity contribution in [3.8, 4) is 11.5 Å². The Bertz CT molecular complexity index is 704. The number of rotatable bonds is 1. The molecule has 3 rings (SSSR count). The Labute approximate surface area is 118 Å². The van der Waals surface area contributed by atoms with Crippen molar-refractivity contribution < 1.29 is 14.6 Å². The second-order valence-electron chi connectivity index (χ2n) is 4.14. The van der Waals surface area contributed by atoms with Crippen LogP contribution in [0.5, 0.6) is 11.5 Å². The molecule has 2 aromatic carbocycles. The van der Waals surface area contributed by atoms with E-state index in [0.717, 1.165) is 4.47 Å². The number of halogens is 1. The average Bonchev–Trinajstić information content (AvgIpc) is 2.70. The third-order valence-corrected chi connectivity index (χ3v) is 3.35. The molecule has 1 aliphatic rings. The number of aromatic hydroxyl groups is 1. The van der Waals surface area contributed by atoms with Crippen LogP contribution in [0.3, 0.4) is 0 Å². The van der Waals surface area contributed by atoms with E-state index in [4.69, 9.17) is 4.74 Å². The molecule has 0 unspecified atom stereocenters. The monoisotopic (exact) mass is 316 g/mol. The van der Waals surface area contributed by atoms with Crippen LogP contribution in [0.1, 0.15) is 15.9 Å². The second kappa shape index (κ2) is 4.55. The molecule has 1 heterocycles. The molecule has 0 radical (unpaired) electrons. The zero-order valence-electron chi connectivity index (χ0n) is 9.76. The summed E-state index contributed by atoms with van der Waals surface area (Å²) < 4.78 is 6.34. The van der Waals surface area contributed by atoms with Crippen LogP contribution in [0, 0.1) is 0 Å². The Hall–Kier alpha value is -2.07. The number of phenols is 1. The van der Waals surface area contributed by atoms with E-state index in [2.05, 4.69) is 15.9 Å². The van der Waals surface area contributed by atoms with Crippen LogP contribution >= 0.6 is 15.9 Å². The van der Waals surface area contributed by atoms with Crippen LogP contribution in [0.25, 0.3) is 6.08 Å². The summed E-state index contributed by atoms with van der Waals surface area (Å²) >= 11 is 3.32. The summed E-state index contributed by atoms with van der Waals surface area (Å²) in [6, 6.07) is 12.1. The Morgan fingerprint density at radius 1 is 1.16 bits per heavy atom. The Morgan fingerprint density at radius 2 is 1.95 bits per heavy atom. The number of carbonyl (C=O) groups is 1. The second-order valence-corrected chi connectivity index (χ2v) is 5.05. The number of carbonyl (C=O) groups excluding carboxylic acids is 1. The van der Waals surface area contributed by atoms with E-state index in [1.165, 1.54) is 0 Å². The molecule has 1 aliphatic heterocycles. The largest absolute Gasteiger partial charge is 0.507 e. The van der Waals surface area contributed by atoms with Crippen molar-refractivity contribution in [1.29, 1.82) is 0 Å². The lowest BCUT2D eigenvalue weighted by Crippen LogP contribution is -1.98. The summed E-state index contributed by atoms with van der Waals surface area (Å²) in [4.78, 5) is 12.2. The third-order valence-electron chi connectivity index (χ3n) is 2.85. The normalized spacial score (nSPS) is 15.4. The number of hydrogen-bond acceptors (Lipinski definition) is 3. The molecular formula is C15H9BrO3. The van der Waals surface area contributed by atoms with Gasteiger partial charge in [-0.25, -0.2) is 0 Å². The van der Waals surface area contributed by atoms with Crippen LogP contribution < -0.4 is 4.74 Å². The molecule has 0 aromatic heterocycles. The Morgan fingerprint density at radius 3 is 2.74 bits per heavy atom. The number of para-hydroxylation sites is 1. The molecule has 4 heteroatoms. The lowest BCUT2D eigenvalue weighted by atomic mass is 10.1. The van der Waals surface area contributed by atoms with Gasteiger partial charge in [-0.2, -0.15) is 0 Å². The maximum atomic E-state index is 12.2. The standard InChI is InChI=1S/C15H9BrO3/c16-10-5-6-13-11(8-10)15(18)14(19-13)7-9-3-1-2-4-12(9)17/h1-8,17H/b14-7-. The number of fused-ring (bicyclic) bond motifs is 1. The number of Topliss-reactive ketones (excluding diaryl/α,β-unsaturated/α-hetero) is 1. The van der Waals surface area contributed by atoms with Crippen molar-refractivity contribution in [2.24, 2.45) is 0 Å². The van der Waals surface area contributed by atoms with Gasteiger partial charge in [0.25, 0.3) is 0 Å². The van der Waals surface area contributed by atoms with Gasteiger partial charge in [0.1, 0.15) is 11.5 Å². The smallest absolute Gasteiger partial charge is 0.232 e. The summed E-state index contributed by atoms with van der Waals surface area (Å²) in [5.74, 6) is 0.688.